The molecule has 9 heteroatoms. The number of aromatic carboxylic acids is 1. The van der Waals surface area contributed by atoms with Gasteiger partial charge in [-0.15, -0.1) is 0 Å². The lowest BCUT2D eigenvalue weighted by Gasteiger charge is -2.11. The fourth-order valence-corrected chi connectivity index (χ4v) is 3.09. The van der Waals surface area contributed by atoms with Crippen LogP contribution in [0.15, 0.2) is 45.9 Å². The van der Waals surface area contributed by atoms with Crippen molar-refractivity contribution in [1.82, 2.24) is 4.72 Å². The molecule has 0 amide bonds. The highest BCUT2D eigenvalue weighted by molar-refractivity contribution is 7.89. The van der Waals surface area contributed by atoms with E-state index >= 15 is 0 Å². The molecule has 1 aromatic heterocycles. The van der Waals surface area contributed by atoms with Crippen LogP contribution in [0.3, 0.4) is 0 Å². The second kappa shape index (κ2) is 7.95. The van der Waals surface area contributed by atoms with E-state index in [1.807, 2.05) is 0 Å². The number of hydrogen-bond donors (Lipinski definition) is 4. The Morgan fingerprint density at radius 1 is 1.25 bits per heavy atom. The van der Waals surface area contributed by atoms with Gasteiger partial charge in [-0.2, -0.15) is 0 Å². The van der Waals surface area contributed by atoms with Gasteiger partial charge in [0, 0.05) is 18.8 Å². The SMILES string of the molecule is O=C(O)c1cc(S(=O)(=O)NCCCO)ccc1NCc1ccco1. The van der Waals surface area contributed by atoms with Crippen molar-refractivity contribution < 1.29 is 27.8 Å². The first kappa shape index (κ1) is 18.0. The Morgan fingerprint density at radius 2 is 2.04 bits per heavy atom. The summed E-state index contributed by atoms with van der Waals surface area (Å²) in [5.74, 6) is -0.627. The number of rotatable bonds is 9. The minimum Gasteiger partial charge on any atom is -0.478 e. The van der Waals surface area contributed by atoms with Gasteiger partial charge in [0.1, 0.15) is 5.76 Å². The zero-order valence-corrected chi connectivity index (χ0v) is 13.5. The van der Waals surface area contributed by atoms with E-state index in [1.54, 1.807) is 12.1 Å². The lowest BCUT2D eigenvalue weighted by Crippen LogP contribution is -2.25. The van der Waals surface area contributed by atoms with Crippen molar-refractivity contribution in [2.45, 2.75) is 17.9 Å². The smallest absolute Gasteiger partial charge is 0.337 e. The minimum absolute atomic E-state index is 0.0692. The molecule has 0 fully saturated rings. The van der Waals surface area contributed by atoms with Crippen LogP contribution in [-0.4, -0.2) is 37.8 Å². The molecule has 2 aromatic rings. The number of aliphatic hydroxyl groups is 1. The van der Waals surface area contributed by atoms with Gasteiger partial charge in [0.15, 0.2) is 0 Å². The molecule has 0 radical (unpaired) electrons. The summed E-state index contributed by atoms with van der Waals surface area (Å²) in [6.07, 6.45) is 1.77. The highest BCUT2D eigenvalue weighted by Crippen LogP contribution is 2.21. The second-order valence-corrected chi connectivity index (χ2v) is 6.69. The first-order valence-electron chi connectivity index (χ1n) is 7.18. The van der Waals surface area contributed by atoms with Gasteiger partial charge in [-0.05, 0) is 36.8 Å². The molecule has 0 aliphatic rings. The first-order chi connectivity index (χ1) is 11.4. The topological polar surface area (TPSA) is 129 Å². The highest BCUT2D eigenvalue weighted by atomic mass is 32.2. The summed E-state index contributed by atoms with van der Waals surface area (Å²) < 4.78 is 31.7. The van der Waals surface area contributed by atoms with E-state index < -0.39 is 16.0 Å². The number of hydrogen-bond acceptors (Lipinski definition) is 6. The maximum Gasteiger partial charge on any atom is 0.337 e. The lowest BCUT2D eigenvalue weighted by atomic mass is 10.2. The van der Waals surface area contributed by atoms with Crippen LogP contribution in [0, 0.1) is 0 Å². The van der Waals surface area contributed by atoms with Gasteiger partial charge in [0.05, 0.1) is 23.3 Å². The van der Waals surface area contributed by atoms with Gasteiger partial charge in [-0.1, -0.05) is 0 Å². The Hall–Kier alpha value is -2.36. The Labute approximate surface area is 139 Å². The van der Waals surface area contributed by atoms with Gasteiger partial charge >= 0.3 is 5.97 Å². The Bertz CT molecular complexity index is 786. The molecule has 0 saturated carbocycles. The minimum atomic E-state index is -3.83. The number of furan rings is 1. The maximum atomic E-state index is 12.1. The number of sulfonamides is 1. The van der Waals surface area contributed by atoms with Crippen molar-refractivity contribution in [2.24, 2.45) is 0 Å². The molecule has 130 valence electrons. The van der Waals surface area contributed by atoms with Crippen molar-refractivity contribution >= 4 is 21.7 Å². The predicted molar refractivity (Wildman–Crippen MR) is 86.3 cm³/mol. The number of benzene rings is 1. The molecule has 0 bridgehead atoms. The van der Waals surface area contributed by atoms with Crippen molar-refractivity contribution in [3.05, 3.63) is 47.9 Å². The van der Waals surface area contributed by atoms with Crippen molar-refractivity contribution in [3.8, 4) is 0 Å². The molecule has 0 aliphatic heterocycles. The van der Waals surface area contributed by atoms with Gasteiger partial charge in [-0.25, -0.2) is 17.9 Å². The average Bonchev–Trinajstić information content (AvgIpc) is 3.06. The van der Waals surface area contributed by atoms with Crippen molar-refractivity contribution in [3.63, 3.8) is 0 Å². The predicted octanol–water partition coefficient (Wildman–Crippen LogP) is 1.25. The molecular formula is C15H18N2O6S. The van der Waals surface area contributed by atoms with Gasteiger partial charge in [-0.3, -0.25) is 0 Å². The maximum absolute atomic E-state index is 12.1. The van der Waals surface area contributed by atoms with E-state index in [4.69, 9.17) is 9.52 Å². The molecule has 1 heterocycles. The van der Waals surface area contributed by atoms with E-state index in [-0.39, 0.29) is 42.3 Å². The number of nitrogens with one attached hydrogen (secondary N) is 2. The van der Waals surface area contributed by atoms with E-state index in [0.29, 0.717) is 5.76 Å². The van der Waals surface area contributed by atoms with E-state index in [9.17, 15) is 18.3 Å². The number of anilines is 1. The standard InChI is InChI=1S/C15H18N2O6S/c18-7-2-6-17-24(21,22)12-4-5-14(13(9-12)15(19)20)16-10-11-3-1-8-23-11/h1,3-5,8-9,16-18H,2,6-7,10H2,(H,19,20). The fraction of sp³-hybridized carbons (Fsp3) is 0.267. The third kappa shape index (κ3) is 4.57. The fourth-order valence-electron chi connectivity index (χ4n) is 1.99. The number of carboxylic acids is 1. The normalized spacial score (nSPS) is 11.4. The summed E-state index contributed by atoms with van der Waals surface area (Å²) >= 11 is 0. The molecule has 24 heavy (non-hydrogen) atoms. The number of carboxylic acid groups (broad SMARTS) is 1. The Kier molecular flexibility index (Phi) is 5.96. The van der Waals surface area contributed by atoms with E-state index in [2.05, 4.69) is 10.0 Å². The van der Waals surface area contributed by atoms with Crippen LogP contribution in [0.5, 0.6) is 0 Å². The molecule has 0 aliphatic carbocycles. The van der Waals surface area contributed by atoms with Crippen LogP contribution in [0.1, 0.15) is 22.5 Å². The van der Waals surface area contributed by atoms with Gasteiger partial charge in [0.25, 0.3) is 0 Å². The molecule has 2 rings (SSSR count). The third-order valence-corrected chi connectivity index (χ3v) is 4.65. The zero-order chi connectivity index (χ0) is 17.6. The molecule has 0 unspecified atom stereocenters. The molecule has 0 saturated heterocycles. The van der Waals surface area contributed by atoms with E-state index in [1.165, 1.54) is 18.4 Å². The summed E-state index contributed by atoms with van der Waals surface area (Å²) in [5, 5.41) is 20.9. The largest absolute Gasteiger partial charge is 0.478 e. The quantitative estimate of drug-likeness (QED) is 0.499. The average molecular weight is 354 g/mol. The van der Waals surface area contributed by atoms with Crippen LogP contribution in [-0.2, 0) is 16.6 Å². The number of carbonyl (C=O) groups is 1. The van der Waals surface area contributed by atoms with Crippen LogP contribution < -0.4 is 10.0 Å². The van der Waals surface area contributed by atoms with Crippen molar-refractivity contribution in [1.29, 1.82) is 0 Å². The highest BCUT2D eigenvalue weighted by Gasteiger charge is 2.18. The van der Waals surface area contributed by atoms with E-state index in [0.717, 1.165) is 6.07 Å². The van der Waals surface area contributed by atoms with Crippen LogP contribution in [0.25, 0.3) is 0 Å². The van der Waals surface area contributed by atoms with Crippen LogP contribution >= 0.6 is 0 Å². The van der Waals surface area contributed by atoms with Crippen molar-refractivity contribution in [2.75, 3.05) is 18.5 Å². The summed E-state index contributed by atoms with van der Waals surface area (Å²) in [5.41, 5.74) is 0.125. The zero-order valence-electron chi connectivity index (χ0n) is 12.7. The molecule has 8 nitrogen and oxygen atoms in total. The molecule has 1 aromatic carbocycles. The Morgan fingerprint density at radius 3 is 2.67 bits per heavy atom. The lowest BCUT2D eigenvalue weighted by molar-refractivity contribution is 0.0697. The van der Waals surface area contributed by atoms with Crippen LogP contribution in [0.2, 0.25) is 0 Å². The summed E-state index contributed by atoms with van der Waals surface area (Å²) in [4.78, 5) is 11.3. The Balaban J connectivity index is 2.21. The van der Waals surface area contributed by atoms with Gasteiger partial charge in [0.2, 0.25) is 10.0 Å². The molecular weight excluding hydrogens is 336 g/mol. The first-order valence-corrected chi connectivity index (χ1v) is 8.66. The number of aliphatic hydroxyl groups excluding tert-OH is 1. The second-order valence-electron chi connectivity index (χ2n) is 4.92. The van der Waals surface area contributed by atoms with Crippen LogP contribution in [0.4, 0.5) is 5.69 Å². The molecule has 0 spiro atoms. The third-order valence-electron chi connectivity index (χ3n) is 3.19. The summed E-state index contributed by atoms with van der Waals surface area (Å²) in [6.45, 7) is 0.201. The summed E-state index contributed by atoms with van der Waals surface area (Å²) in [6, 6.07) is 7.25. The summed E-state index contributed by atoms with van der Waals surface area (Å²) in [7, 11) is -3.83. The van der Waals surface area contributed by atoms with Gasteiger partial charge < -0.3 is 19.9 Å². The monoisotopic (exact) mass is 354 g/mol. The molecule has 0 atom stereocenters. The molecule has 4 N–H and O–H groups in total.